The minimum absolute atomic E-state index is 0.0911. The Morgan fingerprint density at radius 2 is 1.63 bits per heavy atom. The zero-order valence-electron chi connectivity index (χ0n) is 14.9. The zero-order valence-corrected chi connectivity index (χ0v) is 14.9. The van der Waals surface area contributed by atoms with Crippen LogP contribution in [0.2, 0.25) is 0 Å². The maximum atomic E-state index is 12.8. The zero-order chi connectivity index (χ0) is 19.1. The number of hydrogen-bond acceptors (Lipinski definition) is 4. The van der Waals surface area contributed by atoms with Crippen LogP contribution >= 0.6 is 0 Å². The molecule has 1 saturated heterocycles. The molecule has 142 valence electrons. The molecule has 1 aliphatic rings. The third-order valence-electron chi connectivity index (χ3n) is 4.34. The minimum atomic E-state index is -0.447. The molecule has 1 heterocycles. The molecule has 1 fully saturated rings. The Morgan fingerprint density at radius 3 is 2.30 bits per heavy atom. The third-order valence-corrected chi connectivity index (χ3v) is 4.34. The van der Waals surface area contributed by atoms with E-state index in [1.165, 1.54) is 12.1 Å². The molecule has 3 rings (SSSR count). The van der Waals surface area contributed by atoms with Crippen molar-refractivity contribution in [2.75, 3.05) is 37.7 Å². The quantitative estimate of drug-likeness (QED) is 0.765. The largest absolute Gasteiger partial charge is 0.378 e. The Labute approximate surface area is 157 Å². The first-order chi connectivity index (χ1) is 13.1. The lowest BCUT2D eigenvalue weighted by atomic mass is 10.1. The summed E-state index contributed by atoms with van der Waals surface area (Å²) in [6.07, 6.45) is 0. The number of nitrogens with one attached hydrogen (secondary N) is 2. The standard InChI is InChI=1S/C20H22FN3O3/c21-17-5-1-15(2-6-17)13-22-20(26)23-14-19(25)16-3-7-18(8-4-16)24-9-11-27-12-10-24/h1-8H,9-14H2,(H2,22,23,26). The van der Waals surface area contributed by atoms with Crippen molar-refractivity contribution in [1.82, 2.24) is 10.6 Å². The summed E-state index contributed by atoms with van der Waals surface area (Å²) in [5, 5.41) is 5.17. The molecule has 7 heteroatoms. The van der Waals surface area contributed by atoms with E-state index in [9.17, 15) is 14.0 Å². The Morgan fingerprint density at radius 1 is 0.963 bits per heavy atom. The van der Waals surface area contributed by atoms with Gasteiger partial charge in [0.1, 0.15) is 5.82 Å². The van der Waals surface area contributed by atoms with Crippen molar-refractivity contribution in [3.63, 3.8) is 0 Å². The van der Waals surface area contributed by atoms with Crippen LogP contribution in [0.4, 0.5) is 14.9 Å². The van der Waals surface area contributed by atoms with Gasteiger partial charge >= 0.3 is 6.03 Å². The highest BCUT2D eigenvalue weighted by Crippen LogP contribution is 2.16. The second kappa shape index (κ2) is 9.14. The minimum Gasteiger partial charge on any atom is -0.378 e. The molecule has 2 N–H and O–H groups in total. The van der Waals surface area contributed by atoms with E-state index < -0.39 is 6.03 Å². The first-order valence-corrected chi connectivity index (χ1v) is 8.84. The average molecular weight is 371 g/mol. The number of halogens is 1. The molecule has 0 spiro atoms. The monoisotopic (exact) mass is 371 g/mol. The van der Waals surface area contributed by atoms with E-state index in [0.717, 1.165) is 24.3 Å². The summed E-state index contributed by atoms with van der Waals surface area (Å²) in [4.78, 5) is 26.3. The van der Waals surface area contributed by atoms with Crippen LogP contribution in [0.25, 0.3) is 0 Å². The summed E-state index contributed by atoms with van der Waals surface area (Å²) in [7, 11) is 0. The molecular weight excluding hydrogens is 349 g/mol. The van der Waals surface area contributed by atoms with Crippen LogP contribution in [0.5, 0.6) is 0 Å². The van der Waals surface area contributed by atoms with Gasteiger partial charge in [-0.25, -0.2) is 9.18 Å². The number of ether oxygens (including phenoxy) is 1. The van der Waals surface area contributed by atoms with E-state index in [1.54, 1.807) is 24.3 Å². The number of amides is 2. The van der Waals surface area contributed by atoms with Crippen LogP contribution in [-0.4, -0.2) is 44.7 Å². The first kappa shape index (κ1) is 18.8. The van der Waals surface area contributed by atoms with Gasteiger partial charge in [0.2, 0.25) is 0 Å². The molecule has 1 aliphatic heterocycles. The van der Waals surface area contributed by atoms with E-state index in [2.05, 4.69) is 15.5 Å². The fraction of sp³-hybridized carbons (Fsp3) is 0.300. The number of hydrogen-bond donors (Lipinski definition) is 2. The Balaban J connectivity index is 1.44. The van der Waals surface area contributed by atoms with Gasteiger partial charge in [-0.15, -0.1) is 0 Å². The van der Waals surface area contributed by atoms with Gasteiger partial charge in [0.25, 0.3) is 0 Å². The fourth-order valence-corrected chi connectivity index (χ4v) is 2.79. The number of rotatable bonds is 6. The number of benzene rings is 2. The van der Waals surface area contributed by atoms with Gasteiger partial charge in [-0.2, -0.15) is 0 Å². The van der Waals surface area contributed by atoms with Crippen LogP contribution in [0.1, 0.15) is 15.9 Å². The molecule has 2 amide bonds. The van der Waals surface area contributed by atoms with Crippen molar-refractivity contribution in [2.45, 2.75) is 6.54 Å². The van der Waals surface area contributed by atoms with Crippen molar-refractivity contribution < 1.29 is 18.7 Å². The van der Waals surface area contributed by atoms with Crippen LogP contribution < -0.4 is 15.5 Å². The van der Waals surface area contributed by atoms with Crippen molar-refractivity contribution in [1.29, 1.82) is 0 Å². The number of morpholine rings is 1. The van der Waals surface area contributed by atoms with Gasteiger partial charge in [0.15, 0.2) is 5.78 Å². The molecule has 2 aromatic rings. The predicted molar refractivity (Wildman–Crippen MR) is 100 cm³/mol. The molecule has 0 aromatic heterocycles. The van der Waals surface area contributed by atoms with E-state index >= 15 is 0 Å². The average Bonchev–Trinajstić information content (AvgIpc) is 2.72. The summed E-state index contributed by atoms with van der Waals surface area (Å²) in [5.74, 6) is -0.492. The van der Waals surface area contributed by atoms with E-state index in [1.807, 2.05) is 12.1 Å². The van der Waals surface area contributed by atoms with E-state index in [0.29, 0.717) is 18.8 Å². The maximum absolute atomic E-state index is 12.8. The molecule has 0 bridgehead atoms. The normalized spacial score (nSPS) is 13.9. The summed E-state index contributed by atoms with van der Waals surface area (Å²) >= 11 is 0. The van der Waals surface area contributed by atoms with Crippen LogP contribution in [0.15, 0.2) is 48.5 Å². The van der Waals surface area contributed by atoms with Gasteiger partial charge in [-0.1, -0.05) is 12.1 Å². The second-order valence-electron chi connectivity index (χ2n) is 6.23. The number of nitrogens with zero attached hydrogens (tertiary/aromatic N) is 1. The number of anilines is 1. The molecule has 0 aliphatic carbocycles. The Bertz CT molecular complexity index is 772. The molecule has 0 unspecified atom stereocenters. The predicted octanol–water partition coefficient (Wildman–Crippen LogP) is 2.34. The van der Waals surface area contributed by atoms with E-state index in [4.69, 9.17) is 4.74 Å². The lowest BCUT2D eigenvalue weighted by molar-refractivity contribution is 0.0992. The lowest BCUT2D eigenvalue weighted by Crippen LogP contribution is -2.38. The molecule has 0 atom stereocenters. The van der Waals surface area contributed by atoms with Crippen LogP contribution in [0, 0.1) is 5.82 Å². The number of urea groups is 1. The summed E-state index contributed by atoms with van der Waals surface area (Å²) in [6, 6.07) is 12.8. The van der Waals surface area contributed by atoms with E-state index in [-0.39, 0.29) is 24.7 Å². The van der Waals surface area contributed by atoms with Crippen LogP contribution in [0.3, 0.4) is 0 Å². The number of carbonyl (C=O) groups is 2. The number of Topliss-reactive ketones (excluding diaryl/α,β-unsaturated/α-hetero) is 1. The van der Waals surface area contributed by atoms with Crippen molar-refractivity contribution in [3.8, 4) is 0 Å². The van der Waals surface area contributed by atoms with Crippen molar-refractivity contribution in [2.24, 2.45) is 0 Å². The molecule has 2 aromatic carbocycles. The summed E-state index contributed by atoms with van der Waals surface area (Å²) in [6.45, 7) is 3.25. The van der Waals surface area contributed by atoms with Gasteiger partial charge < -0.3 is 20.3 Å². The van der Waals surface area contributed by atoms with Gasteiger partial charge in [-0.3, -0.25) is 4.79 Å². The maximum Gasteiger partial charge on any atom is 0.315 e. The van der Waals surface area contributed by atoms with Crippen molar-refractivity contribution in [3.05, 3.63) is 65.5 Å². The Hall–Kier alpha value is -2.93. The lowest BCUT2D eigenvalue weighted by Gasteiger charge is -2.28. The van der Waals surface area contributed by atoms with Gasteiger partial charge in [0.05, 0.1) is 19.8 Å². The second-order valence-corrected chi connectivity index (χ2v) is 6.23. The number of carbonyl (C=O) groups excluding carboxylic acids is 2. The molecule has 0 saturated carbocycles. The highest BCUT2D eigenvalue weighted by molar-refractivity contribution is 5.99. The first-order valence-electron chi connectivity index (χ1n) is 8.84. The van der Waals surface area contributed by atoms with Gasteiger partial charge in [0, 0.05) is 30.9 Å². The molecular formula is C20H22FN3O3. The smallest absolute Gasteiger partial charge is 0.315 e. The topological polar surface area (TPSA) is 70.7 Å². The Kier molecular flexibility index (Phi) is 6.38. The molecule has 6 nitrogen and oxygen atoms in total. The number of ketones is 1. The van der Waals surface area contributed by atoms with Crippen LogP contribution in [-0.2, 0) is 11.3 Å². The molecule has 0 radical (unpaired) electrons. The summed E-state index contributed by atoms with van der Waals surface area (Å²) < 4.78 is 18.2. The SMILES string of the molecule is O=C(NCC(=O)c1ccc(N2CCOCC2)cc1)NCc1ccc(F)cc1. The molecule has 27 heavy (non-hydrogen) atoms. The highest BCUT2D eigenvalue weighted by atomic mass is 19.1. The highest BCUT2D eigenvalue weighted by Gasteiger charge is 2.13. The summed E-state index contributed by atoms with van der Waals surface area (Å²) in [5.41, 5.74) is 2.38. The fourth-order valence-electron chi connectivity index (χ4n) is 2.79. The van der Waals surface area contributed by atoms with Gasteiger partial charge in [-0.05, 0) is 42.0 Å². The third kappa shape index (κ3) is 5.52. The van der Waals surface area contributed by atoms with Crippen molar-refractivity contribution >= 4 is 17.5 Å².